The monoisotopic (exact) mass is 347 g/mol. The van der Waals surface area contributed by atoms with Crippen molar-refractivity contribution in [2.24, 2.45) is 0 Å². The van der Waals surface area contributed by atoms with Crippen LogP contribution in [0, 0.1) is 6.92 Å². The summed E-state index contributed by atoms with van der Waals surface area (Å²) in [6.45, 7) is 4.32. The van der Waals surface area contributed by atoms with E-state index < -0.39 is 0 Å². The zero-order chi connectivity index (χ0) is 18.4. The number of carbonyl (C=O) groups excluding carboxylic acids is 1. The lowest BCUT2D eigenvalue weighted by Crippen LogP contribution is -2.37. The number of pyridine rings is 1. The lowest BCUT2D eigenvalue weighted by Gasteiger charge is -2.17. The lowest BCUT2D eigenvalue weighted by molar-refractivity contribution is 0.237. The Morgan fingerprint density at radius 2 is 1.85 bits per heavy atom. The van der Waals surface area contributed by atoms with Gasteiger partial charge in [0.2, 0.25) is 0 Å². The van der Waals surface area contributed by atoms with E-state index in [0.717, 1.165) is 22.4 Å². The van der Waals surface area contributed by atoms with Crippen LogP contribution in [0.25, 0.3) is 11.4 Å². The Morgan fingerprint density at radius 1 is 1.12 bits per heavy atom. The van der Waals surface area contributed by atoms with E-state index in [1.165, 1.54) is 0 Å². The molecule has 0 aliphatic carbocycles. The number of nitrogens with zero attached hydrogens (tertiary/aromatic N) is 3. The molecule has 1 atom stereocenters. The Hall–Kier alpha value is -3.28. The average molecular weight is 347 g/mol. The van der Waals surface area contributed by atoms with Crippen molar-refractivity contribution in [3.05, 3.63) is 77.9 Å². The predicted octanol–water partition coefficient (Wildman–Crippen LogP) is 3.41. The standard InChI is InChI=1S/C20H21N5O/c1-14-18(13-22-19(24-14)17-8-10-21-11-9-17)15(2)25-20(26)23-12-16-6-4-3-5-7-16/h3-11,13,15H,12H2,1-2H3,(H2,23,25,26)/t15-/m0/s1. The van der Waals surface area contributed by atoms with Crippen molar-refractivity contribution in [1.29, 1.82) is 0 Å². The molecule has 2 aromatic heterocycles. The molecule has 26 heavy (non-hydrogen) atoms. The minimum absolute atomic E-state index is 0.197. The molecular weight excluding hydrogens is 326 g/mol. The highest BCUT2D eigenvalue weighted by Gasteiger charge is 2.14. The van der Waals surface area contributed by atoms with Crippen molar-refractivity contribution in [3.8, 4) is 11.4 Å². The number of benzene rings is 1. The highest BCUT2D eigenvalue weighted by atomic mass is 16.2. The second-order valence-electron chi connectivity index (χ2n) is 6.00. The Bertz CT molecular complexity index is 868. The van der Waals surface area contributed by atoms with Gasteiger partial charge in [-0.25, -0.2) is 14.8 Å². The van der Waals surface area contributed by atoms with Gasteiger partial charge in [0.1, 0.15) is 0 Å². The van der Waals surface area contributed by atoms with Crippen molar-refractivity contribution in [3.63, 3.8) is 0 Å². The number of aryl methyl sites for hydroxylation is 1. The molecule has 2 heterocycles. The van der Waals surface area contributed by atoms with Crippen molar-refractivity contribution in [1.82, 2.24) is 25.6 Å². The summed E-state index contributed by atoms with van der Waals surface area (Å²) >= 11 is 0. The van der Waals surface area contributed by atoms with Crippen LogP contribution in [0.15, 0.2) is 61.1 Å². The molecule has 0 aliphatic rings. The fourth-order valence-electron chi connectivity index (χ4n) is 2.65. The van der Waals surface area contributed by atoms with E-state index in [-0.39, 0.29) is 12.1 Å². The molecule has 6 heteroatoms. The second kappa shape index (κ2) is 8.20. The highest BCUT2D eigenvalue weighted by molar-refractivity contribution is 5.74. The molecule has 0 aliphatic heterocycles. The maximum atomic E-state index is 12.1. The van der Waals surface area contributed by atoms with Crippen molar-refractivity contribution in [2.45, 2.75) is 26.4 Å². The third kappa shape index (κ3) is 4.42. The molecule has 0 saturated carbocycles. The Morgan fingerprint density at radius 3 is 2.54 bits per heavy atom. The number of hydrogen-bond donors (Lipinski definition) is 2. The van der Waals surface area contributed by atoms with Gasteiger partial charge in [-0.15, -0.1) is 0 Å². The van der Waals surface area contributed by atoms with Crippen LogP contribution in [0.5, 0.6) is 0 Å². The van der Waals surface area contributed by atoms with Crippen LogP contribution >= 0.6 is 0 Å². The summed E-state index contributed by atoms with van der Waals surface area (Å²) in [5.41, 5.74) is 3.69. The van der Waals surface area contributed by atoms with E-state index in [1.807, 2.05) is 56.3 Å². The molecule has 6 nitrogen and oxygen atoms in total. The molecule has 0 radical (unpaired) electrons. The summed E-state index contributed by atoms with van der Waals surface area (Å²) in [6.07, 6.45) is 5.19. The summed E-state index contributed by atoms with van der Waals surface area (Å²) < 4.78 is 0. The smallest absolute Gasteiger partial charge is 0.315 e. The first-order valence-corrected chi connectivity index (χ1v) is 8.45. The Labute approximate surface area is 152 Å². The normalized spacial score (nSPS) is 11.6. The minimum atomic E-state index is -0.223. The zero-order valence-electron chi connectivity index (χ0n) is 14.8. The number of carbonyl (C=O) groups is 1. The molecule has 132 valence electrons. The highest BCUT2D eigenvalue weighted by Crippen LogP contribution is 2.19. The van der Waals surface area contributed by atoms with Gasteiger partial charge < -0.3 is 10.6 Å². The van der Waals surface area contributed by atoms with E-state index in [1.54, 1.807) is 18.6 Å². The molecule has 3 rings (SSSR count). The molecular formula is C20H21N5O. The SMILES string of the molecule is Cc1nc(-c2ccncc2)ncc1[C@H](C)NC(=O)NCc1ccccc1. The molecule has 2 amide bonds. The minimum Gasteiger partial charge on any atom is -0.334 e. The van der Waals surface area contributed by atoms with E-state index >= 15 is 0 Å². The van der Waals surface area contributed by atoms with Gasteiger partial charge in [0.05, 0.1) is 6.04 Å². The van der Waals surface area contributed by atoms with Crippen LogP contribution in [-0.4, -0.2) is 21.0 Å². The van der Waals surface area contributed by atoms with E-state index in [2.05, 4.69) is 25.6 Å². The summed E-state index contributed by atoms with van der Waals surface area (Å²) in [5.74, 6) is 0.648. The number of aromatic nitrogens is 3. The van der Waals surface area contributed by atoms with E-state index in [9.17, 15) is 4.79 Å². The average Bonchev–Trinajstić information content (AvgIpc) is 2.67. The first kappa shape index (κ1) is 17.5. The van der Waals surface area contributed by atoms with Gasteiger partial charge in [-0.05, 0) is 31.5 Å². The maximum absolute atomic E-state index is 12.1. The molecule has 0 spiro atoms. The number of urea groups is 1. The van der Waals surface area contributed by atoms with Gasteiger partial charge in [0, 0.05) is 42.0 Å². The third-order valence-corrected chi connectivity index (χ3v) is 4.07. The van der Waals surface area contributed by atoms with E-state index in [4.69, 9.17) is 0 Å². The number of nitrogens with one attached hydrogen (secondary N) is 2. The van der Waals surface area contributed by atoms with Crippen LogP contribution in [-0.2, 0) is 6.54 Å². The van der Waals surface area contributed by atoms with Crippen LogP contribution in [0.4, 0.5) is 4.79 Å². The van der Waals surface area contributed by atoms with Crippen LogP contribution in [0.2, 0.25) is 0 Å². The van der Waals surface area contributed by atoms with Gasteiger partial charge in [-0.2, -0.15) is 0 Å². The van der Waals surface area contributed by atoms with Crippen molar-refractivity contribution < 1.29 is 4.79 Å². The molecule has 3 aromatic rings. The van der Waals surface area contributed by atoms with Gasteiger partial charge in [-0.1, -0.05) is 30.3 Å². The molecule has 0 bridgehead atoms. The number of rotatable bonds is 5. The quantitative estimate of drug-likeness (QED) is 0.741. The Balaban J connectivity index is 1.62. The predicted molar refractivity (Wildman–Crippen MR) is 100 cm³/mol. The van der Waals surface area contributed by atoms with Gasteiger partial charge in [0.15, 0.2) is 5.82 Å². The summed E-state index contributed by atoms with van der Waals surface area (Å²) in [6, 6.07) is 13.1. The van der Waals surface area contributed by atoms with Crippen molar-refractivity contribution in [2.75, 3.05) is 0 Å². The topological polar surface area (TPSA) is 79.8 Å². The van der Waals surface area contributed by atoms with Gasteiger partial charge in [-0.3, -0.25) is 4.98 Å². The third-order valence-electron chi connectivity index (χ3n) is 4.07. The Kier molecular flexibility index (Phi) is 5.53. The first-order chi connectivity index (χ1) is 12.6. The molecule has 0 unspecified atom stereocenters. The summed E-state index contributed by atoms with van der Waals surface area (Å²) in [5, 5.41) is 5.78. The zero-order valence-corrected chi connectivity index (χ0v) is 14.8. The molecule has 2 N–H and O–H groups in total. The molecule has 0 saturated heterocycles. The first-order valence-electron chi connectivity index (χ1n) is 8.45. The van der Waals surface area contributed by atoms with Crippen molar-refractivity contribution >= 4 is 6.03 Å². The van der Waals surface area contributed by atoms with Crippen LogP contribution in [0.3, 0.4) is 0 Å². The number of amides is 2. The molecule has 1 aromatic carbocycles. The fourth-order valence-corrected chi connectivity index (χ4v) is 2.65. The summed E-state index contributed by atoms with van der Waals surface area (Å²) in [7, 11) is 0. The van der Waals surface area contributed by atoms with Crippen LogP contribution in [0.1, 0.15) is 29.8 Å². The number of hydrogen-bond acceptors (Lipinski definition) is 4. The van der Waals surface area contributed by atoms with Crippen LogP contribution < -0.4 is 10.6 Å². The fraction of sp³-hybridized carbons (Fsp3) is 0.200. The second-order valence-corrected chi connectivity index (χ2v) is 6.00. The lowest BCUT2D eigenvalue weighted by atomic mass is 10.1. The van der Waals surface area contributed by atoms with E-state index in [0.29, 0.717) is 12.4 Å². The maximum Gasteiger partial charge on any atom is 0.315 e. The van der Waals surface area contributed by atoms with Gasteiger partial charge >= 0.3 is 6.03 Å². The molecule has 0 fully saturated rings. The van der Waals surface area contributed by atoms with Gasteiger partial charge in [0.25, 0.3) is 0 Å². The summed E-state index contributed by atoms with van der Waals surface area (Å²) in [4.78, 5) is 25.1. The largest absolute Gasteiger partial charge is 0.334 e.